The van der Waals surface area contributed by atoms with E-state index in [4.69, 9.17) is 0 Å². The van der Waals surface area contributed by atoms with Gasteiger partial charge < -0.3 is 0 Å². The highest BCUT2D eigenvalue weighted by Gasteiger charge is 1.99. The largest absolute Gasteiger partial charge is 0.201 e. The highest BCUT2D eigenvalue weighted by molar-refractivity contribution is 5.47. The Morgan fingerprint density at radius 1 is 1.00 bits per heavy atom. The Morgan fingerprint density at radius 2 is 1.67 bits per heavy atom. The number of hydrogen-bond donors (Lipinski definition) is 0. The Balaban J connectivity index is 2.15. The van der Waals surface area contributed by atoms with E-state index in [0.717, 1.165) is 12.1 Å². The van der Waals surface area contributed by atoms with Crippen LogP contribution in [0.4, 0.5) is 0 Å². The average Bonchev–Trinajstić information content (AvgIpc) is 2.31. The van der Waals surface area contributed by atoms with E-state index in [0.29, 0.717) is 0 Å². The van der Waals surface area contributed by atoms with E-state index in [1.807, 2.05) is 24.3 Å². The number of aromatic nitrogens is 1. The van der Waals surface area contributed by atoms with Gasteiger partial charge in [-0.2, -0.15) is 0 Å². The molecule has 2 aromatic rings. The summed E-state index contributed by atoms with van der Waals surface area (Å²) < 4.78 is 2.16. The maximum atomic E-state index is 3.74. The van der Waals surface area contributed by atoms with Crippen LogP contribution in [-0.2, 0) is 6.54 Å². The van der Waals surface area contributed by atoms with Gasteiger partial charge in [-0.3, -0.25) is 0 Å². The summed E-state index contributed by atoms with van der Waals surface area (Å²) in [5.74, 6) is 0. The van der Waals surface area contributed by atoms with E-state index in [9.17, 15) is 0 Å². The van der Waals surface area contributed by atoms with Crippen molar-refractivity contribution in [2.45, 2.75) is 6.54 Å². The van der Waals surface area contributed by atoms with E-state index in [-0.39, 0.29) is 0 Å². The first-order chi connectivity index (χ1) is 7.38. The van der Waals surface area contributed by atoms with Crippen LogP contribution < -0.4 is 4.57 Å². The molecule has 15 heavy (non-hydrogen) atoms. The summed E-state index contributed by atoms with van der Waals surface area (Å²) >= 11 is 0. The Kier molecular flexibility index (Phi) is 2.93. The molecule has 74 valence electrons. The zero-order valence-electron chi connectivity index (χ0n) is 8.63. The molecule has 1 heterocycles. The van der Waals surface area contributed by atoms with E-state index in [1.165, 1.54) is 5.56 Å². The summed E-state index contributed by atoms with van der Waals surface area (Å²) in [4.78, 5) is 0. The second-order valence-electron chi connectivity index (χ2n) is 3.49. The first-order valence-electron chi connectivity index (χ1n) is 5.04. The van der Waals surface area contributed by atoms with Crippen LogP contribution >= 0.6 is 0 Å². The summed E-state index contributed by atoms with van der Waals surface area (Å²) in [6.07, 6.45) is 6.00. The van der Waals surface area contributed by atoms with Crippen LogP contribution in [0.15, 0.2) is 61.4 Å². The van der Waals surface area contributed by atoms with Gasteiger partial charge in [0.15, 0.2) is 18.9 Å². The third kappa shape index (κ3) is 2.53. The van der Waals surface area contributed by atoms with Gasteiger partial charge >= 0.3 is 0 Å². The normalized spacial score (nSPS) is 9.87. The van der Waals surface area contributed by atoms with Gasteiger partial charge in [0.05, 0.1) is 0 Å². The van der Waals surface area contributed by atoms with Crippen LogP contribution in [0.3, 0.4) is 0 Å². The van der Waals surface area contributed by atoms with Crippen LogP contribution in [0, 0.1) is 0 Å². The van der Waals surface area contributed by atoms with Crippen molar-refractivity contribution in [3.8, 4) is 0 Å². The topological polar surface area (TPSA) is 3.88 Å². The van der Waals surface area contributed by atoms with Crippen LogP contribution in [0.1, 0.15) is 11.1 Å². The molecule has 1 nitrogen and oxygen atoms in total. The van der Waals surface area contributed by atoms with Crippen molar-refractivity contribution in [2.24, 2.45) is 0 Å². The smallest absolute Gasteiger partial charge is 0.173 e. The number of rotatable bonds is 3. The van der Waals surface area contributed by atoms with Crippen LogP contribution in [0.2, 0.25) is 0 Å². The lowest BCUT2D eigenvalue weighted by Gasteiger charge is -1.98. The molecule has 0 aliphatic rings. The van der Waals surface area contributed by atoms with Crippen molar-refractivity contribution < 1.29 is 4.57 Å². The molecule has 0 saturated heterocycles. The van der Waals surface area contributed by atoms with Crippen molar-refractivity contribution >= 4 is 6.08 Å². The monoisotopic (exact) mass is 196 g/mol. The first kappa shape index (κ1) is 9.66. The van der Waals surface area contributed by atoms with Gasteiger partial charge in [-0.15, -0.1) is 0 Å². The lowest BCUT2D eigenvalue weighted by atomic mass is 10.1. The Bertz CT molecular complexity index is 429. The standard InChI is InChI=1S/C14H14N/c1-2-13-6-8-14(9-7-13)12-15-10-4-3-5-11-15/h2-11H,1,12H2/q+1. The lowest BCUT2D eigenvalue weighted by Crippen LogP contribution is -2.32. The summed E-state index contributed by atoms with van der Waals surface area (Å²) in [7, 11) is 0. The van der Waals surface area contributed by atoms with Gasteiger partial charge in [-0.1, -0.05) is 43.0 Å². The van der Waals surface area contributed by atoms with Crippen LogP contribution in [0.5, 0.6) is 0 Å². The first-order valence-corrected chi connectivity index (χ1v) is 5.04. The molecule has 0 fully saturated rings. The molecule has 0 aliphatic heterocycles. The number of pyridine rings is 1. The van der Waals surface area contributed by atoms with E-state index in [1.54, 1.807) is 0 Å². The predicted octanol–water partition coefficient (Wildman–Crippen LogP) is 2.67. The van der Waals surface area contributed by atoms with Crippen LogP contribution in [0.25, 0.3) is 6.08 Å². The maximum absolute atomic E-state index is 3.74. The number of benzene rings is 1. The molecule has 2 rings (SSSR count). The summed E-state index contributed by atoms with van der Waals surface area (Å²) in [6, 6.07) is 14.6. The molecular weight excluding hydrogens is 182 g/mol. The molecule has 1 heteroatoms. The minimum absolute atomic E-state index is 0.915. The molecular formula is C14H14N+. The Hall–Kier alpha value is -1.89. The second-order valence-corrected chi connectivity index (χ2v) is 3.49. The molecule has 0 amide bonds. The highest BCUT2D eigenvalue weighted by atomic mass is 14.9. The number of hydrogen-bond acceptors (Lipinski definition) is 0. The molecule has 1 aromatic carbocycles. The quantitative estimate of drug-likeness (QED) is 0.664. The van der Waals surface area contributed by atoms with E-state index >= 15 is 0 Å². The SMILES string of the molecule is C=Cc1ccc(C[n+]2ccccc2)cc1. The van der Waals surface area contributed by atoms with E-state index < -0.39 is 0 Å². The Morgan fingerprint density at radius 3 is 2.27 bits per heavy atom. The van der Waals surface area contributed by atoms with Gasteiger partial charge in [-0.05, 0) is 5.56 Å². The van der Waals surface area contributed by atoms with Crippen molar-refractivity contribution in [2.75, 3.05) is 0 Å². The molecule has 0 spiro atoms. The number of nitrogens with zero attached hydrogens (tertiary/aromatic N) is 1. The summed E-state index contributed by atoms with van der Waals surface area (Å²) in [5.41, 5.74) is 2.47. The van der Waals surface area contributed by atoms with Gasteiger partial charge in [0.25, 0.3) is 0 Å². The summed E-state index contributed by atoms with van der Waals surface area (Å²) in [5, 5.41) is 0. The van der Waals surface area contributed by atoms with Gasteiger partial charge in [0.2, 0.25) is 0 Å². The lowest BCUT2D eigenvalue weighted by molar-refractivity contribution is -0.688. The minimum atomic E-state index is 0.915. The second kappa shape index (κ2) is 4.56. The minimum Gasteiger partial charge on any atom is -0.201 e. The van der Waals surface area contributed by atoms with Crippen molar-refractivity contribution in [3.63, 3.8) is 0 Å². The zero-order valence-corrected chi connectivity index (χ0v) is 8.63. The van der Waals surface area contributed by atoms with Crippen molar-refractivity contribution in [3.05, 3.63) is 72.6 Å². The van der Waals surface area contributed by atoms with E-state index in [2.05, 4.69) is 47.8 Å². The van der Waals surface area contributed by atoms with Gasteiger partial charge in [0, 0.05) is 17.7 Å². The highest BCUT2D eigenvalue weighted by Crippen LogP contribution is 2.04. The molecule has 0 saturated carbocycles. The fraction of sp³-hybridized carbons (Fsp3) is 0.0714. The fourth-order valence-electron chi connectivity index (χ4n) is 1.51. The third-order valence-electron chi connectivity index (χ3n) is 2.36. The third-order valence-corrected chi connectivity index (χ3v) is 2.36. The van der Waals surface area contributed by atoms with Crippen LogP contribution in [-0.4, -0.2) is 0 Å². The summed E-state index contributed by atoms with van der Waals surface area (Å²) in [6.45, 7) is 4.65. The van der Waals surface area contributed by atoms with Gasteiger partial charge in [0.1, 0.15) is 0 Å². The molecule has 0 aliphatic carbocycles. The zero-order chi connectivity index (χ0) is 10.5. The average molecular weight is 196 g/mol. The molecule has 1 aromatic heterocycles. The van der Waals surface area contributed by atoms with Crippen molar-refractivity contribution in [1.29, 1.82) is 0 Å². The van der Waals surface area contributed by atoms with Crippen molar-refractivity contribution in [1.82, 2.24) is 0 Å². The molecule has 0 bridgehead atoms. The molecule has 0 unspecified atom stereocenters. The molecule has 0 radical (unpaired) electrons. The fourth-order valence-corrected chi connectivity index (χ4v) is 1.51. The Labute approximate surface area is 90.3 Å². The molecule has 0 atom stereocenters. The molecule has 0 N–H and O–H groups in total. The predicted molar refractivity (Wildman–Crippen MR) is 62.3 cm³/mol. The maximum Gasteiger partial charge on any atom is 0.173 e. The van der Waals surface area contributed by atoms with Gasteiger partial charge in [-0.25, -0.2) is 4.57 Å².